The van der Waals surface area contributed by atoms with Crippen molar-refractivity contribution in [3.8, 4) is 66.8 Å². The smallest absolute Gasteiger partial charge is 0.143 e. The fourth-order valence-electron chi connectivity index (χ4n) is 14.6. The van der Waals surface area contributed by atoms with Crippen molar-refractivity contribution >= 4 is 39.0 Å². The Morgan fingerprint density at radius 2 is 0.986 bits per heavy atom. The molecule has 1 atom stereocenters. The summed E-state index contributed by atoms with van der Waals surface area (Å²) in [6, 6.07) is 72.8. The molecule has 356 valence electrons. The molecular weight excluding hydrogens is 895 g/mol. The molecule has 0 N–H and O–H groups in total. The molecule has 10 aromatic carbocycles. The number of furan rings is 1. The summed E-state index contributed by atoms with van der Waals surface area (Å²) < 4.78 is 6.92. The molecule has 1 heterocycles. The number of anilines is 3. The molecule has 0 saturated heterocycles. The largest absolute Gasteiger partial charge is 0.455 e. The van der Waals surface area contributed by atoms with E-state index in [0.717, 1.165) is 44.7 Å². The third-order valence-corrected chi connectivity index (χ3v) is 18.1. The molecule has 0 radical (unpaired) electrons. The van der Waals surface area contributed by atoms with Crippen LogP contribution >= 0.6 is 0 Å². The molecule has 0 aliphatic heterocycles. The molecule has 2 nitrogen and oxygen atoms in total. The summed E-state index contributed by atoms with van der Waals surface area (Å²) in [6.45, 7) is 19.4. The van der Waals surface area contributed by atoms with Gasteiger partial charge in [0, 0.05) is 55.6 Å². The first kappa shape index (κ1) is 43.4. The van der Waals surface area contributed by atoms with Gasteiger partial charge in [-0.15, -0.1) is 0 Å². The van der Waals surface area contributed by atoms with Crippen LogP contribution in [-0.2, 0) is 16.2 Å². The van der Waals surface area contributed by atoms with Gasteiger partial charge in [-0.1, -0.05) is 194 Å². The molecule has 1 aromatic heterocycles. The molecule has 74 heavy (non-hydrogen) atoms. The second kappa shape index (κ2) is 15.0. The Balaban J connectivity index is 0.915. The van der Waals surface area contributed by atoms with Gasteiger partial charge < -0.3 is 9.32 Å². The van der Waals surface area contributed by atoms with Gasteiger partial charge in [0.25, 0.3) is 0 Å². The van der Waals surface area contributed by atoms with Crippen molar-refractivity contribution in [2.24, 2.45) is 0 Å². The minimum absolute atomic E-state index is 0.161. The quantitative estimate of drug-likeness (QED) is 0.171. The number of hydrogen-bond acceptors (Lipinski definition) is 2. The van der Waals surface area contributed by atoms with E-state index in [2.05, 4.69) is 254 Å². The van der Waals surface area contributed by atoms with E-state index >= 15 is 0 Å². The van der Waals surface area contributed by atoms with Crippen molar-refractivity contribution in [3.63, 3.8) is 0 Å². The van der Waals surface area contributed by atoms with Crippen LogP contribution in [0.2, 0.25) is 0 Å². The first-order chi connectivity index (χ1) is 35.8. The van der Waals surface area contributed by atoms with Crippen LogP contribution in [-0.4, -0.2) is 0 Å². The summed E-state index contributed by atoms with van der Waals surface area (Å²) in [6.07, 6.45) is 0. The van der Waals surface area contributed by atoms with Crippen LogP contribution in [0.4, 0.5) is 17.1 Å². The van der Waals surface area contributed by atoms with Crippen LogP contribution in [0.15, 0.2) is 199 Å². The maximum atomic E-state index is 6.92. The average molecular weight is 952 g/mol. The molecule has 15 rings (SSSR count). The Morgan fingerprint density at radius 3 is 1.74 bits per heavy atom. The molecule has 11 aromatic rings. The number of para-hydroxylation sites is 1. The number of aryl methyl sites for hydroxylation is 1. The molecule has 0 amide bonds. The van der Waals surface area contributed by atoms with Crippen molar-refractivity contribution in [3.05, 3.63) is 244 Å². The third kappa shape index (κ3) is 5.66. The van der Waals surface area contributed by atoms with E-state index in [4.69, 9.17) is 4.42 Å². The Kier molecular flexibility index (Phi) is 8.77. The van der Waals surface area contributed by atoms with Crippen LogP contribution in [0.1, 0.15) is 104 Å². The fraction of sp³-hybridized carbons (Fsp3) is 0.167. The zero-order chi connectivity index (χ0) is 50.2. The molecule has 4 aliphatic rings. The lowest BCUT2D eigenvalue weighted by atomic mass is 9.71. The van der Waals surface area contributed by atoms with E-state index in [9.17, 15) is 0 Å². The lowest BCUT2D eigenvalue weighted by Gasteiger charge is -2.33. The summed E-state index contributed by atoms with van der Waals surface area (Å²) in [5.41, 5.74) is 32.9. The molecule has 0 spiro atoms. The third-order valence-electron chi connectivity index (χ3n) is 18.1. The van der Waals surface area contributed by atoms with Crippen molar-refractivity contribution in [2.45, 2.75) is 77.6 Å². The maximum Gasteiger partial charge on any atom is 0.143 e. The second-order valence-electron chi connectivity index (χ2n) is 23.2. The standard InChI is InChI=1S/C72H57NO/c1-41-19-18-22-46(37-41)73(48-34-36-53-58(39-48)72(7,8)68-65(53)63-50-24-13-12-23-49(50)42(2)61(63)64-51-25-14-16-27-56(51)71(5,6)67(64)68)47-33-35-52-57(38-47)70(3,4)59-40-55(45-31-29-44(30-32-45)43-20-10-9-11-21-43)69-66(62(52)59)54-26-15-17-28-60(54)74-69/h9-40,42H,1-8H3. The van der Waals surface area contributed by atoms with E-state index in [1.54, 1.807) is 0 Å². The Labute approximate surface area is 434 Å². The number of benzene rings is 10. The topological polar surface area (TPSA) is 16.4 Å². The van der Waals surface area contributed by atoms with Crippen LogP contribution in [0.3, 0.4) is 0 Å². The van der Waals surface area contributed by atoms with Crippen LogP contribution in [0, 0.1) is 6.92 Å². The normalized spacial score (nSPS) is 16.3. The summed E-state index contributed by atoms with van der Waals surface area (Å²) >= 11 is 0. The van der Waals surface area contributed by atoms with Gasteiger partial charge in [0.2, 0.25) is 0 Å². The first-order valence-electron chi connectivity index (χ1n) is 26.6. The van der Waals surface area contributed by atoms with Crippen molar-refractivity contribution in [1.29, 1.82) is 0 Å². The minimum atomic E-state index is -0.315. The SMILES string of the molecule is Cc1cccc(N(c2ccc3c(c2)C(C)(C)c2cc(-c4ccc(-c5ccccc5)cc4)c4oc5ccccc5c4c2-3)c2ccc3c(c2)C(C)(C)c2c-3c3c(c4c2C(C)(C)c2ccccc2-4)C(C)c2ccccc2-3)c1. The Bertz CT molecular complexity index is 4240. The van der Waals surface area contributed by atoms with Crippen LogP contribution in [0.5, 0.6) is 0 Å². The van der Waals surface area contributed by atoms with E-state index in [1.165, 1.54) is 111 Å². The zero-order valence-corrected chi connectivity index (χ0v) is 43.4. The zero-order valence-electron chi connectivity index (χ0n) is 43.4. The Morgan fingerprint density at radius 1 is 0.405 bits per heavy atom. The number of rotatable bonds is 5. The van der Waals surface area contributed by atoms with E-state index in [1.807, 2.05) is 0 Å². The highest BCUT2D eigenvalue weighted by atomic mass is 16.3. The highest BCUT2D eigenvalue weighted by Gasteiger charge is 2.51. The second-order valence-corrected chi connectivity index (χ2v) is 23.2. The monoisotopic (exact) mass is 951 g/mol. The van der Waals surface area contributed by atoms with Crippen molar-refractivity contribution in [2.75, 3.05) is 4.90 Å². The molecule has 4 aliphatic carbocycles. The summed E-state index contributed by atoms with van der Waals surface area (Å²) in [4.78, 5) is 2.51. The number of fused-ring (bicyclic) bond motifs is 19. The molecular formula is C72H57NO. The minimum Gasteiger partial charge on any atom is -0.455 e. The first-order valence-corrected chi connectivity index (χ1v) is 26.6. The fourth-order valence-corrected chi connectivity index (χ4v) is 14.6. The van der Waals surface area contributed by atoms with E-state index in [0.29, 0.717) is 5.92 Å². The lowest BCUT2D eigenvalue weighted by Crippen LogP contribution is -2.25. The molecule has 2 heteroatoms. The van der Waals surface area contributed by atoms with Gasteiger partial charge in [-0.25, -0.2) is 0 Å². The molecule has 0 bridgehead atoms. The van der Waals surface area contributed by atoms with E-state index in [-0.39, 0.29) is 16.2 Å². The van der Waals surface area contributed by atoms with Gasteiger partial charge >= 0.3 is 0 Å². The van der Waals surface area contributed by atoms with Crippen LogP contribution in [0.25, 0.3) is 88.7 Å². The van der Waals surface area contributed by atoms with Gasteiger partial charge in [-0.05, 0) is 167 Å². The molecule has 1 unspecified atom stereocenters. The highest BCUT2D eigenvalue weighted by Crippen LogP contribution is 2.67. The van der Waals surface area contributed by atoms with Gasteiger partial charge in [-0.2, -0.15) is 0 Å². The lowest BCUT2D eigenvalue weighted by molar-refractivity contribution is 0.601. The number of hydrogen-bond donors (Lipinski definition) is 0. The van der Waals surface area contributed by atoms with E-state index < -0.39 is 0 Å². The van der Waals surface area contributed by atoms with Crippen molar-refractivity contribution < 1.29 is 4.42 Å². The predicted molar refractivity (Wildman–Crippen MR) is 310 cm³/mol. The van der Waals surface area contributed by atoms with Gasteiger partial charge in [0.15, 0.2) is 0 Å². The number of nitrogens with zero attached hydrogens (tertiary/aromatic N) is 1. The summed E-state index contributed by atoms with van der Waals surface area (Å²) in [7, 11) is 0. The Hall–Kier alpha value is -8.20. The average Bonchev–Trinajstić information content (AvgIpc) is 4.19. The summed E-state index contributed by atoms with van der Waals surface area (Å²) in [5.74, 6) is 0.294. The summed E-state index contributed by atoms with van der Waals surface area (Å²) in [5, 5.41) is 2.34. The van der Waals surface area contributed by atoms with Crippen molar-refractivity contribution in [1.82, 2.24) is 0 Å². The predicted octanol–water partition coefficient (Wildman–Crippen LogP) is 19.7. The molecule has 0 saturated carbocycles. The van der Waals surface area contributed by atoms with Gasteiger partial charge in [-0.3, -0.25) is 0 Å². The molecule has 0 fully saturated rings. The van der Waals surface area contributed by atoms with Crippen LogP contribution < -0.4 is 4.90 Å². The van der Waals surface area contributed by atoms with Gasteiger partial charge in [0.1, 0.15) is 11.2 Å². The maximum absolute atomic E-state index is 6.92. The van der Waals surface area contributed by atoms with Gasteiger partial charge in [0.05, 0.1) is 0 Å². The highest BCUT2D eigenvalue weighted by molar-refractivity contribution is 6.19.